The highest BCUT2D eigenvalue weighted by atomic mass is 32.3. The number of ether oxygens (including phenoxy) is 2. The molecule has 268 valence electrons. The van der Waals surface area contributed by atoms with Gasteiger partial charge in [0.05, 0.1) is 17.8 Å². The fourth-order valence-electron chi connectivity index (χ4n) is 10.3. The molecule has 4 aliphatic carbocycles. The molecule has 0 radical (unpaired) electrons. The van der Waals surface area contributed by atoms with Crippen LogP contribution >= 0.6 is 0 Å². The number of allylic oxidation sites excluding steroid dienone is 2. The van der Waals surface area contributed by atoms with Gasteiger partial charge in [-0.2, -0.15) is 8.42 Å². The third kappa shape index (κ3) is 6.96. The SMILES string of the molecule is CC(C)CC(=O)CC(C)(O)[C@H]1CCC2C3CC(OS(=O)(=O)O)C4C[C@@H](OC5OC(C(=O)O)C(O)C(O)C5O)CC[C@]4(C)C3=CC[C@@]21C. The van der Waals surface area contributed by atoms with Crippen LogP contribution in [0.5, 0.6) is 0 Å². The first-order chi connectivity index (χ1) is 21.7. The van der Waals surface area contributed by atoms with E-state index < -0.39 is 76.2 Å². The van der Waals surface area contributed by atoms with Gasteiger partial charge in [-0.25, -0.2) is 8.98 Å². The Labute approximate surface area is 276 Å². The predicted molar refractivity (Wildman–Crippen MR) is 166 cm³/mol. The van der Waals surface area contributed by atoms with Crippen LogP contribution in [-0.2, 0) is 33.6 Å². The first kappa shape index (κ1) is 36.8. The Morgan fingerprint density at radius 3 is 2.36 bits per heavy atom. The summed E-state index contributed by atoms with van der Waals surface area (Å²) in [7, 11) is -4.85. The number of hydrogen-bond donors (Lipinski definition) is 6. The molecule has 13 nitrogen and oxygen atoms in total. The molecule has 0 aromatic carbocycles. The normalized spacial score (nSPS) is 44.9. The van der Waals surface area contributed by atoms with Crippen molar-refractivity contribution in [1.82, 2.24) is 0 Å². The fraction of sp³-hybridized carbons (Fsp3) is 0.879. The number of carbonyl (C=O) groups excluding carboxylic acids is 1. The Hall–Kier alpha value is -1.49. The van der Waals surface area contributed by atoms with Crippen LogP contribution in [-0.4, -0.2) is 98.8 Å². The molecule has 14 heteroatoms. The maximum atomic E-state index is 12.8. The van der Waals surface area contributed by atoms with Crippen LogP contribution in [0.1, 0.15) is 92.4 Å². The molecule has 47 heavy (non-hydrogen) atoms. The third-order valence-electron chi connectivity index (χ3n) is 12.3. The number of aliphatic carboxylic acids is 1. The van der Waals surface area contributed by atoms with Gasteiger partial charge >= 0.3 is 16.4 Å². The van der Waals surface area contributed by atoms with Gasteiger partial charge in [0, 0.05) is 12.8 Å². The van der Waals surface area contributed by atoms with Crippen LogP contribution in [0.25, 0.3) is 0 Å². The Balaban J connectivity index is 1.40. The first-order valence-corrected chi connectivity index (χ1v) is 18.2. The molecule has 5 rings (SSSR count). The van der Waals surface area contributed by atoms with Crippen molar-refractivity contribution >= 4 is 22.2 Å². The zero-order valence-corrected chi connectivity index (χ0v) is 28.6. The van der Waals surface area contributed by atoms with E-state index >= 15 is 0 Å². The monoisotopic (exact) mass is 688 g/mol. The fourth-order valence-corrected chi connectivity index (χ4v) is 10.8. The molecule has 6 N–H and O–H groups in total. The van der Waals surface area contributed by atoms with Crippen LogP contribution in [0.2, 0.25) is 0 Å². The molecule has 0 spiro atoms. The second kappa shape index (κ2) is 13.0. The Kier molecular flexibility index (Phi) is 10.2. The van der Waals surface area contributed by atoms with Gasteiger partial charge in [-0.15, -0.1) is 0 Å². The summed E-state index contributed by atoms with van der Waals surface area (Å²) in [5, 5.41) is 52.0. The van der Waals surface area contributed by atoms with Crippen LogP contribution in [0.4, 0.5) is 0 Å². The number of ketones is 1. The molecule has 0 aromatic rings. The number of carboxylic acids is 1. The van der Waals surface area contributed by atoms with Gasteiger partial charge in [-0.3, -0.25) is 9.35 Å². The first-order valence-electron chi connectivity index (χ1n) is 16.9. The van der Waals surface area contributed by atoms with Crippen molar-refractivity contribution in [2.45, 2.75) is 141 Å². The average Bonchev–Trinajstić information content (AvgIpc) is 3.30. The highest BCUT2D eigenvalue weighted by Crippen LogP contribution is 2.67. The minimum atomic E-state index is -4.85. The molecular formula is C33H52O13S. The number of carboxylic acid groups (broad SMARTS) is 1. The number of rotatable bonds is 10. The third-order valence-corrected chi connectivity index (χ3v) is 12.8. The number of carbonyl (C=O) groups is 2. The van der Waals surface area contributed by atoms with Crippen molar-refractivity contribution in [2.75, 3.05) is 0 Å². The van der Waals surface area contributed by atoms with Gasteiger partial charge in [0.25, 0.3) is 0 Å². The quantitative estimate of drug-likeness (QED) is 0.111. The number of aliphatic hydroxyl groups excluding tert-OH is 3. The van der Waals surface area contributed by atoms with Crippen molar-refractivity contribution < 1.29 is 61.7 Å². The number of aliphatic hydroxyl groups is 4. The van der Waals surface area contributed by atoms with E-state index in [0.29, 0.717) is 32.1 Å². The largest absolute Gasteiger partial charge is 0.479 e. The van der Waals surface area contributed by atoms with Gasteiger partial charge in [0.15, 0.2) is 12.4 Å². The molecule has 0 bridgehead atoms. The maximum absolute atomic E-state index is 12.8. The molecule has 3 saturated carbocycles. The summed E-state index contributed by atoms with van der Waals surface area (Å²) in [4.78, 5) is 24.4. The Bertz CT molecular complexity index is 1350. The van der Waals surface area contributed by atoms with Gasteiger partial charge in [-0.1, -0.05) is 39.3 Å². The molecule has 1 aliphatic heterocycles. The van der Waals surface area contributed by atoms with Gasteiger partial charge < -0.3 is 35.0 Å². The molecule has 1 saturated heterocycles. The molecule has 0 amide bonds. The van der Waals surface area contributed by atoms with E-state index in [2.05, 4.69) is 19.9 Å². The molecule has 14 atom stereocenters. The summed E-state index contributed by atoms with van der Waals surface area (Å²) in [6.45, 7) is 9.94. The van der Waals surface area contributed by atoms with Gasteiger partial charge in [0.2, 0.25) is 0 Å². The second-order valence-corrected chi connectivity index (χ2v) is 17.0. The summed E-state index contributed by atoms with van der Waals surface area (Å²) < 4.78 is 50.9. The van der Waals surface area contributed by atoms with Crippen LogP contribution in [0, 0.1) is 40.4 Å². The van der Waals surface area contributed by atoms with E-state index in [-0.39, 0.29) is 47.7 Å². The lowest BCUT2D eigenvalue weighted by molar-refractivity contribution is -0.309. The topological polar surface area (TPSA) is 217 Å². The minimum Gasteiger partial charge on any atom is -0.479 e. The summed E-state index contributed by atoms with van der Waals surface area (Å²) in [6, 6.07) is 0. The van der Waals surface area contributed by atoms with Crippen molar-refractivity contribution in [1.29, 1.82) is 0 Å². The van der Waals surface area contributed by atoms with E-state index in [1.54, 1.807) is 6.92 Å². The van der Waals surface area contributed by atoms with Crippen LogP contribution in [0.3, 0.4) is 0 Å². The van der Waals surface area contributed by atoms with Crippen LogP contribution < -0.4 is 0 Å². The number of fused-ring (bicyclic) bond motifs is 5. The average molecular weight is 689 g/mol. The Morgan fingerprint density at radius 2 is 1.74 bits per heavy atom. The zero-order valence-electron chi connectivity index (χ0n) is 27.8. The summed E-state index contributed by atoms with van der Waals surface area (Å²) >= 11 is 0. The number of Topliss-reactive ketones (excluding diaryl/α,β-unsaturated/α-hetero) is 1. The molecular weight excluding hydrogens is 636 g/mol. The second-order valence-electron chi connectivity index (χ2n) is 16.0. The standard InChI is InChI=1S/C33H52O13S/c1-16(2)12-17(34)15-33(5,40)24-7-6-20-19-14-23(46-47(41,42)43)22-13-18(8-10-31(22,3)21(19)9-11-32(20,24)4)44-30-27(37)25(35)26(36)28(45-30)29(38)39/h9,16,18-20,22-28,30,35-37,40H,6-8,10-15H2,1-5H3,(H,38,39)(H,41,42,43)/t18-,19?,20?,22?,23?,24-,25?,26?,27?,28?,30?,31+,32-,33?/m0/s1. The highest BCUT2D eigenvalue weighted by molar-refractivity contribution is 7.80. The van der Waals surface area contributed by atoms with E-state index in [1.165, 1.54) is 5.57 Å². The van der Waals surface area contributed by atoms with Crippen molar-refractivity contribution in [3.05, 3.63) is 11.6 Å². The summed E-state index contributed by atoms with van der Waals surface area (Å²) in [6.07, 6.45) is -3.90. The van der Waals surface area contributed by atoms with Crippen molar-refractivity contribution in [3.8, 4) is 0 Å². The van der Waals surface area contributed by atoms with Crippen molar-refractivity contribution in [3.63, 3.8) is 0 Å². The molecule has 10 unspecified atom stereocenters. The van der Waals surface area contributed by atoms with E-state index in [1.807, 2.05) is 13.8 Å². The van der Waals surface area contributed by atoms with E-state index in [4.69, 9.17) is 13.7 Å². The van der Waals surface area contributed by atoms with Gasteiger partial charge in [0.1, 0.15) is 24.1 Å². The minimum absolute atomic E-state index is 0.0352. The lowest BCUT2D eigenvalue weighted by Crippen LogP contribution is -2.61. The number of hydrogen-bond acceptors (Lipinski definition) is 11. The predicted octanol–water partition coefficient (Wildman–Crippen LogP) is 2.40. The lowest BCUT2D eigenvalue weighted by atomic mass is 9.47. The molecule has 1 heterocycles. The summed E-state index contributed by atoms with van der Waals surface area (Å²) in [5.41, 5.74) is -0.897. The van der Waals surface area contributed by atoms with E-state index in [0.717, 1.165) is 12.8 Å². The maximum Gasteiger partial charge on any atom is 0.397 e. The lowest BCUT2D eigenvalue weighted by Gasteiger charge is -2.59. The molecule has 5 aliphatic rings. The smallest absolute Gasteiger partial charge is 0.397 e. The zero-order chi connectivity index (χ0) is 34.9. The van der Waals surface area contributed by atoms with Crippen LogP contribution in [0.15, 0.2) is 11.6 Å². The molecule has 4 fully saturated rings. The summed E-state index contributed by atoms with van der Waals surface area (Å²) in [5.74, 6) is -1.88. The van der Waals surface area contributed by atoms with Gasteiger partial charge in [-0.05, 0) is 92.3 Å². The van der Waals surface area contributed by atoms with E-state index in [9.17, 15) is 48.1 Å². The molecule has 0 aromatic heterocycles. The highest BCUT2D eigenvalue weighted by Gasteiger charge is 2.62. The Morgan fingerprint density at radius 1 is 1.06 bits per heavy atom. The van der Waals surface area contributed by atoms with Crippen molar-refractivity contribution in [2.24, 2.45) is 40.4 Å².